The van der Waals surface area contributed by atoms with Gasteiger partial charge < -0.3 is 14.7 Å². The van der Waals surface area contributed by atoms with E-state index in [1.807, 2.05) is 34.6 Å². The molecule has 0 aromatic heterocycles. The minimum absolute atomic E-state index is 0.113. The average molecular weight is 229 g/mol. The molecule has 94 valence electrons. The fraction of sp³-hybridized carbons (Fsp3) is 0.917. The lowest BCUT2D eigenvalue weighted by Crippen LogP contribution is -2.51. The van der Waals surface area contributed by atoms with Crippen molar-refractivity contribution < 1.29 is 14.6 Å². The van der Waals surface area contributed by atoms with Gasteiger partial charge in [0.25, 0.3) is 0 Å². The maximum atomic E-state index is 11.8. The highest BCUT2D eigenvalue weighted by Crippen LogP contribution is 2.30. The molecule has 1 amide bonds. The van der Waals surface area contributed by atoms with Crippen molar-refractivity contribution in [2.45, 2.75) is 52.7 Å². The van der Waals surface area contributed by atoms with E-state index >= 15 is 0 Å². The molecule has 0 aromatic rings. The van der Waals surface area contributed by atoms with Gasteiger partial charge in [0.15, 0.2) is 0 Å². The van der Waals surface area contributed by atoms with Gasteiger partial charge in [-0.25, -0.2) is 4.79 Å². The van der Waals surface area contributed by atoms with Crippen molar-refractivity contribution in [3.05, 3.63) is 0 Å². The molecule has 1 atom stereocenters. The monoisotopic (exact) mass is 229 g/mol. The number of carbonyl (C=O) groups excluding carboxylic acids is 1. The van der Waals surface area contributed by atoms with Gasteiger partial charge in [-0.15, -0.1) is 0 Å². The largest absolute Gasteiger partial charge is 0.444 e. The molecule has 0 spiro atoms. The highest BCUT2D eigenvalue weighted by atomic mass is 16.6. The second-order valence-electron chi connectivity index (χ2n) is 6.18. The predicted molar refractivity (Wildman–Crippen MR) is 62.2 cm³/mol. The predicted octanol–water partition coefficient (Wildman–Crippen LogP) is 2.01. The number of nitrogens with zero attached hydrogens (tertiary/aromatic N) is 1. The van der Waals surface area contributed by atoms with Crippen LogP contribution in [-0.2, 0) is 4.74 Å². The molecular formula is C12H23NO3. The highest BCUT2D eigenvalue weighted by molar-refractivity contribution is 5.68. The Hall–Kier alpha value is -0.770. The molecule has 1 aliphatic rings. The summed E-state index contributed by atoms with van der Waals surface area (Å²) in [5.41, 5.74) is -0.590. The van der Waals surface area contributed by atoms with Crippen LogP contribution in [0.25, 0.3) is 0 Å². The van der Waals surface area contributed by atoms with Gasteiger partial charge in [-0.05, 0) is 32.6 Å². The van der Waals surface area contributed by atoms with Gasteiger partial charge in [0, 0.05) is 6.54 Å². The Morgan fingerprint density at radius 3 is 2.44 bits per heavy atom. The number of hydrogen-bond acceptors (Lipinski definition) is 3. The molecule has 1 saturated heterocycles. The van der Waals surface area contributed by atoms with E-state index in [4.69, 9.17) is 4.74 Å². The summed E-state index contributed by atoms with van der Waals surface area (Å²) in [7, 11) is 0. The molecule has 0 aliphatic carbocycles. The first-order chi connectivity index (χ1) is 7.12. The normalized spacial score (nSPS) is 25.4. The van der Waals surface area contributed by atoms with Crippen LogP contribution in [0.1, 0.15) is 41.0 Å². The zero-order valence-corrected chi connectivity index (χ0v) is 10.9. The van der Waals surface area contributed by atoms with Gasteiger partial charge in [-0.1, -0.05) is 13.8 Å². The minimum Gasteiger partial charge on any atom is -0.444 e. The molecule has 0 bridgehead atoms. The molecule has 0 unspecified atom stereocenters. The number of aliphatic hydroxyl groups excluding tert-OH is 1. The van der Waals surface area contributed by atoms with Gasteiger partial charge in [0.2, 0.25) is 0 Å². The minimum atomic E-state index is -0.478. The van der Waals surface area contributed by atoms with Crippen LogP contribution in [0, 0.1) is 5.41 Å². The van der Waals surface area contributed by atoms with Crippen molar-refractivity contribution in [3.8, 4) is 0 Å². The van der Waals surface area contributed by atoms with Crippen LogP contribution < -0.4 is 0 Å². The van der Waals surface area contributed by atoms with Crippen LogP contribution in [-0.4, -0.2) is 40.9 Å². The van der Waals surface area contributed by atoms with Gasteiger partial charge in [-0.2, -0.15) is 0 Å². The van der Waals surface area contributed by atoms with Crippen LogP contribution in [0.3, 0.4) is 0 Å². The summed E-state index contributed by atoms with van der Waals surface area (Å²) < 4.78 is 5.27. The Morgan fingerprint density at radius 2 is 2.00 bits per heavy atom. The molecule has 0 saturated carbocycles. The van der Waals surface area contributed by atoms with Gasteiger partial charge >= 0.3 is 6.09 Å². The summed E-state index contributed by atoms with van der Waals surface area (Å²) in [5.74, 6) is 0. The number of rotatable bonds is 0. The van der Waals surface area contributed by atoms with Gasteiger partial charge in [-0.3, -0.25) is 0 Å². The molecule has 16 heavy (non-hydrogen) atoms. The number of carbonyl (C=O) groups is 1. The van der Waals surface area contributed by atoms with Crippen LogP contribution in [0.2, 0.25) is 0 Å². The first-order valence-electron chi connectivity index (χ1n) is 5.78. The van der Waals surface area contributed by atoms with E-state index in [2.05, 4.69) is 0 Å². The third-order valence-electron chi connectivity index (χ3n) is 2.97. The molecule has 1 heterocycles. The fourth-order valence-corrected chi connectivity index (χ4v) is 1.63. The standard InChI is InChI=1S/C12H23NO3/c1-11(2,3)16-10(15)13-7-6-12(4,5)9(14)8-13/h9,14H,6-8H2,1-5H3/t9-/m0/s1. The number of hydrogen-bond donors (Lipinski definition) is 1. The SMILES string of the molecule is CC(C)(C)OC(=O)N1CCC(C)(C)[C@@H](O)C1. The summed E-state index contributed by atoms with van der Waals surface area (Å²) in [6.45, 7) is 10.6. The van der Waals surface area contributed by atoms with E-state index in [1.165, 1.54) is 0 Å². The smallest absolute Gasteiger partial charge is 0.410 e. The lowest BCUT2D eigenvalue weighted by Gasteiger charge is -2.41. The quantitative estimate of drug-likeness (QED) is 0.691. The van der Waals surface area contributed by atoms with E-state index in [0.717, 1.165) is 6.42 Å². The summed E-state index contributed by atoms with van der Waals surface area (Å²) >= 11 is 0. The zero-order valence-electron chi connectivity index (χ0n) is 10.9. The average Bonchev–Trinajstić information content (AvgIpc) is 2.06. The first-order valence-corrected chi connectivity index (χ1v) is 5.78. The Morgan fingerprint density at radius 1 is 1.44 bits per heavy atom. The van der Waals surface area contributed by atoms with Crippen molar-refractivity contribution >= 4 is 6.09 Å². The molecule has 0 aromatic carbocycles. The van der Waals surface area contributed by atoms with E-state index in [0.29, 0.717) is 13.1 Å². The van der Waals surface area contributed by atoms with Crippen molar-refractivity contribution in [1.82, 2.24) is 4.90 Å². The van der Waals surface area contributed by atoms with Crippen molar-refractivity contribution in [1.29, 1.82) is 0 Å². The van der Waals surface area contributed by atoms with Crippen molar-refractivity contribution in [2.75, 3.05) is 13.1 Å². The maximum Gasteiger partial charge on any atom is 0.410 e. The lowest BCUT2D eigenvalue weighted by molar-refractivity contribution is -0.0388. The van der Waals surface area contributed by atoms with Crippen LogP contribution in [0.15, 0.2) is 0 Å². The molecule has 1 N–H and O–H groups in total. The summed E-state index contributed by atoms with van der Waals surface area (Å²) in [6.07, 6.45) is -0.0104. The number of β-amino-alcohol motifs (C(OH)–C–C–N with tert-alkyl or cyclic N) is 1. The maximum absolute atomic E-state index is 11.8. The Balaban J connectivity index is 2.55. The van der Waals surface area contributed by atoms with Crippen LogP contribution >= 0.6 is 0 Å². The van der Waals surface area contributed by atoms with E-state index in [9.17, 15) is 9.90 Å². The third kappa shape index (κ3) is 3.37. The van der Waals surface area contributed by atoms with Crippen LogP contribution in [0.4, 0.5) is 4.79 Å². The molecule has 0 radical (unpaired) electrons. The molecule has 1 aliphatic heterocycles. The van der Waals surface area contributed by atoms with Crippen molar-refractivity contribution in [3.63, 3.8) is 0 Å². The highest BCUT2D eigenvalue weighted by Gasteiger charge is 2.37. The molecule has 1 fully saturated rings. The summed E-state index contributed by atoms with van der Waals surface area (Å²) in [6, 6.07) is 0. The fourth-order valence-electron chi connectivity index (χ4n) is 1.63. The number of likely N-dealkylation sites (tertiary alicyclic amines) is 1. The van der Waals surface area contributed by atoms with Gasteiger partial charge in [0.05, 0.1) is 12.6 Å². The van der Waals surface area contributed by atoms with Crippen molar-refractivity contribution in [2.24, 2.45) is 5.41 Å². The second-order valence-corrected chi connectivity index (χ2v) is 6.18. The van der Waals surface area contributed by atoms with E-state index in [1.54, 1.807) is 4.90 Å². The second kappa shape index (κ2) is 4.24. The van der Waals surface area contributed by atoms with E-state index in [-0.39, 0.29) is 11.5 Å². The Labute approximate surface area is 97.6 Å². The van der Waals surface area contributed by atoms with E-state index < -0.39 is 11.7 Å². The lowest BCUT2D eigenvalue weighted by atomic mass is 9.80. The molecular weight excluding hydrogens is 206 g/mol. The Kier molecular flexibility index (Phi) is 3.53. The van der Waals surface area contributed by atoms with Crippen LogP contribution in [0.5, 0.6) is 0 Å². The first kappa shape index (κ1) is 13.3. The number of amides is 1. The molecule has 1 rings (SSSR count). The number of piperidine rings is 1. The Bertz CT molecular complexity index is 268. The summed E-state index contributed by atoms with van der Waals surface area (Å²) in [5, 5.41) is 9.91. The third-order valence-corrected chi connectivity index (χ3v) is 2.97. The zero-order chi connectivity index (χ0) is 12.6. The number of aliphatic hydroxyl groups is 1. The number of ether oxygens (including phenoxy) is 1. The molecule has 4 heteroatoms. The summed E-state index contributed by atoms with van der Waals surface area (Å²) in [4.78, 5) is 13.3. The topological polar surface area (TPSA) is 49.8 Å². The van der Waals surface area contributed by atoms with Gasteiger partial charge in [0.1, 0.15) is 5.60 Å². The molecule has 4 nitrogen and oxygen atoms in total.